The highest BCUT2D eigenvalue weighted by Crippen LogP contribution is 2.47. The summed E-state index contributed by atoms with van der Waals surface area (Å²) in [5, 5.41) is 0.206. The molecular weight excluding hydrogens is 548 g/mol. The van der Waals surface area contributed by atoms with Crippen LogP contribution in [0.4, 0.5) is 8.78 Å². The molecule has 0 radical (unpaired) electrons. The highest BCUT2D eigenvalue weighted by atomic mass is 32.1. The largest absolute Gasteiger partial charge is 0.452 e. The third-order valence-electron chi connectivity index (χ3n) is 8.21. The minimum atomic E-state index is -2.53. The zero-order valence-corrected chi connectivity index (χ0v) is 26.5. The van der Waals surface area contributed by atoms with Crippen molar-refractivity contribution in [1.82, 2.24) is 4.90 Å². The van der Waals surface area contributed by atoms with Gasteiger partial charge in [0.25, 0.3) is 5.17 Å². The average molecular weight is 598 g/mol. The van der Waals surface area contributed by atoms with Gasteiger partial charge in [-0.3, -0.25) is 9.69 Å². The molecule has 1 aliphatic heterocycles. The fourth-order valence-electron chi connectivity index (χ4n) is 6.08. The lowest BCUT2D eigenvalue weighted by Gasteiger charge is -2.38. The Kier molecular flexibility index (Phi) is 13.6. The summed E-state index contributed by atoms with van der Waals surface area (Å²) >= 11 is 5.69. The molecule has 3 rings (SSSR count). The van der Waals surface area contributed by atoms with Gasteiger partial charge in [0.15, 0.2) is 5.60 Å². The van der Waals surface area contributed by atoms with E-state index < -0.39 is 11.5 Å². The maximum Gasteiger partial charge on any atom is 0.267 e. The molecule has 2 aromatic carbocycles. The summed E-state index contributed by atoms with van der Waals surface area (Å²) in [6, 6.07) is 19.7. The third kappa shape index (κ3) is 9.20. The highest BCUT2D eigenvalue weighted by molar-refractivity contribution is 7.80. The minimum Gasteiger partial charge on any atom is -0.452 e. The summed E-state index contributed by atoms with van der Waals surface area (Å²) in [5.41, 5.74) is 1.04. The molecule has 0 spiro atoms. The molecule has 1 heterocycles. The standard InChI is InChI=1S/C36H49F2NO2S/c1-4-5-6-11-20-27-35(37,38)28-21-12-9-7-8-10-19-26-32(40)39-33(29(2)3)36(41-34(39)42,30-22-15-13-16-23-30)31-24-17-14-18-25-31/h10,13-19,22-25,29,33H,4-9,11-12,20-21,26-28H2,1-3H3/b19-10+. The molecule has 0 aliphatic carbocycles. The SMILES string of the molecule is CCCCCCCC(F)(F)CCCCCC/C=C/CC(=O)N1C(=S)OC(c2ccccc2)(c2ccccc2)C1C(C)C. The number of thiocarbonyl (C=S) groups is 1. The molecule has 1 saturated heterocycles. The van der Waals surface area contributed by atoms with Gasteiger partial charge >= 0.3 is 0 Å². The van der Waals surface area contributed by atoms with Crippen LogP contribution in [0, 0.1) is 5.92 Å². The predicted molar refractivity (Wildman–Crippen MR) is 173 cm³/mol. The van der Waals surface area contributed by atoms with Crippen LogP contribution in [0.1, 0.15) is 115 Å². The van der Waals surface area contributed by atoms with E-state index in [4.69, 9.17) is 17.0 Å². The number of rotatable bonds is 18. The number of ether oxygens (including phenoxy) is 1. The first-order chi connectivity index (χ1) is 20.2. The van der Waals surface area contributed by atoms with Gasteiger partial charge in [0.2, 0.25) is 11.8 Å². The molecular formula is C36H49F2NO2S. The molecule has 0 saturated carbocycles. The Labute approximate surface area is 257 Å². The minimum absolute atomic E-state index is 0.00654. The number of halogens is 2. The van der Waals surface area contributed by atoms with Crippen molar-refractivity contribution in [2.45, 2.75) is 122 Å². The van der Waals surface area contributed by atoms with Gasteiger partial charge in [-0.05, 0) is 43.8 Å². The molecule has 230 valence electrons. The number of alkyl halides is 2. The molecule has 2 aromatic rings. The van der Waals surface area contributed by atoms with E-state index >= 15 is 0 Å². The predicted octanol–water partition coefficient (Wildman–Crippen LogP) is 10.4. The smallest absolute Gasteiger partial charge is 0.267 e. The summed E-state index contributed by atoms with van der Waals surface area (Å²) in [6.45, 7) is 6.33. The van der Waals surface area contributed by atoms with E-state index in [-0.39, 0.29) is 42.3 Å². The van der Waals surface area contributed by atoms with Crippen LogP contribution in [0.3, 0.4) is 0 Å². The third-order valence-corrected chi connectivity index (χ3v) is 8.49. The number of amides is 1. The fourth-order valence-corrected chi connectivity index (χ4v) is 6.42. The Balaban J connectivity index is 1.50. The maximum absolute atomic E-state index is 14.1. The Morgan fingerprint density at radius 2 is 1.40 bits per heavy atom. The number of allylic oxidation sites excluding steroid dienone is 1. The fraction of sp³-hybridized carbons (Fsp3) is 0.556. The van der Waals surface area contributed by atoms with E-state index in [1.807, 2.05) is 72.8 Å². The molecule has 0 aromatic heterocycles. The first kappa shape index (κ1) is 33.9. The van der Waals surface area contributed by atoms with E-state index in [9.17, 15) is 13.6 Å². The normalized spacial score (nSPS) is 16.9. The Bertz CT molecular complexity index is 1080. The Morgan fingerprint density at radius 3 is 1.93 bits per heavy atom. The molecule has 1 unspecified atom stereocenters. The van der Waals surface area contributed by atoms with E-state index in [0.717, 1.165) is 62.5 Å². The van der Waals surface area contributed by atoms with Gasteiger partial charge in [-0.1, -0.05) is 132 Å². The van der Waals surface area contributed by atoms with E-state index in [0.29, 0.717) is 12.8 Å². The second-order valence-electron chi connectivity index (χ2n) is 11.9. The van der Waals surface area contributed by atoms with E-state index in [1.165, 1.54) is 0 Å². The molecule has 1 atom stereocenters. The maximum atomic E-state index is 14.1. The van der Waals surface area contributed by atoms with Gasteiger partial charge < -0.3 is 4.74 Å². The quantitative estimate of drug-likeness (QED) is 0.0973. The van der Waals surface area contributed by atoms with Crippen molar-refractivity contribution in [1.29, 1.82) is 0 Å². The molecule has 42 heavy (non-hydrogen) atoms. The average Bonchev–Trinajstić information content (AvgIpc) is 3.31. The lowest BCUT2D eigenvalue weighted by Crippen LogP contribution is -2.49. The van der Waals surface area contributed by atoms with Crippen molar-refractivity contribution < 1.29 is 18.3 Å². The van der Waals surface area contributed by atoms with Crippen molar-refractivity contribution >= 4 is 23.3 Å². The number of nitrogens with zero attached hydrogens (tertiary/aromatic N) is 1. The van der Waals surface area contributed by atoms with Crippen molar-refractivity contribution in [2.24, 2.45) is 5.92 Å². The van der Waals surface area contributed by atoms with Gasteiger partial charge in [0.1, 0.15) is 0 Å². The summed E-state index contributed by atoms with van der Waals surface area (Å²) in [4.78, 5) is 15.2. The molecule has 0 N–H and O–H groups in total. The summed E-state index contributed by atoms with van der Waals surface area (Å²) in [5.74, 6) is -2.54. The number of unbranched alkanes of at least 4 members (excludes halogenated alkanes) is 8. The van der Waals surface area contributed by atoms with Gasteiger partial charge in [0.05, 0.1) is 6.04 Å². The molecule has 1 amide bonds. The molecule has 3 nitrogen and oxygen atoms in total. The zero-order valence-electron chi connectivity index (χ0n) is 25.7. The van der Waals surface area contributed by atoms with Crippen molar-refractivity contribution in [2.75, 3.05) is 0 Å². The summed E-state index contributed by atoms with van der Waals surface area (Å²) in [7, 11) is 0. The second-order valence-corrected chi connectivity index (χ2v) is 12.3. The van der Waals surface area contributed by atoms with E-state index in [1.54, 1.807) is 4.90 Å². The lowest BCUT2D eigenvalue weighted by molar-refractivity contribution is -0.128. The number of carbonyl (C=O) groups is 1. The van der Waals surface area contributed by atoms with Gasteiger partial charge in [-0.25, -0.2) is 8.78 Å². The highest BCUT2D eigenvalue weighted by Gasteiger charge is 2.57. The summed E-state index contributed by atoms with van der Waals surface area (Å²) in [6.07, 6.45) is 13.1. The molecule has 0 bridgehead atoms. The number of hydrogen-bond donors (Lipinski definition) is 0. The Morgan fingerprint density at radius 1 is 0.881 bits per heavy atom. The van der Waals surface area contributed by atoms with Gasteiger partial charge in [-0.2, -0.15) is 0 Å². The summed E-state index contributed by atoms with van der Waals surface area (Å²) < 4.78 is 34.7. The Hall–Kier alpha value is -2.60. The van der Waals surface area contributed by atoms with Crippen LogP contribution in [0.2, 0.25) is 0 Å². The van der Waals surface area contributed by atoms with E-state index in [2.05, 4.69) is 20.8 Å². The number of carbonyl (C=O) groups excluding carboxylic acids is 1. The van der Waals surface area contributed by atoms with Crippen LogP contribution in [0.5, 0.6) is 0 Å². The van der Waals surface area contributed by atoms with Crippen LogP contribution >= 0.6 is 12.2 Å². The van der Waals surface area contributed by atoms with Crippen molar-refractivity contribution in [3.63, 3.8) is 0 Å². The van der Waals surface area contributed by atoms with Crippen LogP contribution in [0.15, 0.2) is 72.8 Å². The van der Waals surface area contributed by atoms with Gasteiger partial charge in [-0.15, -0.1) is 0 Å². The van der Waals surface area contributed by atoms with Crippen LogP contribution in [0.25, 0.3) is 0 Å². The first-order valence-corrected chi connectivity index (χ1v) is 16.3. The number of hydrogen-bond acceptors (Lipinski definition) is 3. The van der Waals surface area contributed by atoms with Crippen molar-refractivity contribution in [3.8, 4) is 0 Å². The monoisotopic (exact) mass is 597 g/mol. The topological polar surface area (TPSA) is 29.5 Å². The first-order valence-electron chi connectivity index (χ1n) is 15.9. The van der Waals surface area contributed by atoms with Crippen LogP contribution in [-0.2, 0) is 15.1 Å². The number of benzene rings is 2. The zero-order chi connectivity index (χ0) is 30.4. The molecule has 1 aliphatic rings. The second kappa shape index (κ2) is 16.9. The molecule has 6 heteroatoms. The van der Waals surface area contributed by atoms with Crippen LogP contribution in [-0.4, -0.2) is 27.9 Å². The lowest BCUT2D eigenvalue weighted by atomic mass is 9.75. The van der Waals surface area contributed by atoms with Gasteiger partial charge in [0, 0.05) is 30.4 Å². The van der Waals surface area contributed by atoms with Crippen molar-refractivity contribution in [3.05, 3.63) is 83.9 Å². The van der Waals surface area contributed by atoms with Crippen LogP contribution < -0.4 is 0 Å². The molecule has 1 fully saturated rings.